The standard InChI is InChI=1S/C18H26N4O6/c1-10(2)15(19)17(26)21-11(3)16(25)22-13-6-4-12(5-7-13)9-28-18(27)20-8-14(23)24/h4-7,10-11,15H,8-9,19H2,1-3H3,(H,20,27)(H,21,26)(H,22,25)(H,23,24)/t11-,15-/m0/s1. The molecule has 6 N–H and O–H groups in total. The van der Waals surface area contributed by atoms with Gasteiger partial charge in [0.2, 0.25) is 11.8 Å². The van der Waals surface area contributed by atoms with Crippen LogP contribution in [0.2, 0.25) is 0 Å². The highest BCUT2D eigenvalue weighted by Gasteiger charge is 2.22. The molecule has 0 saturated carbocycles. The molecule has 0 unspecified atom stereocenters. The lowest BCUT2D eigenvalue weighted by atomic mass is 10.0. The Morgan fingerprint density at radius 1 is 1.07 bits per heavy atom. The number of hydrogen-bond acceptors (Lipinski definition) is 6. The fourth-order valence-corrected chi connectivity index (χ4v) is 1.96. The molecule has 10 nitrogen and oxygen atoms in total. The molecule has 0 bridgehead atoms. The molecule has 0 heterocycles. The first-order valence-corrected chi connectivity index (χ1v) is 8.68. The van der Waals surface area contributed by atoms with Crippen LogP contribution in [0.15, 0.2) is 24.3 Å². The molecule has 0 aliphatic heterocycles. The van der Waals surface area contributed by atoms with Crippen molar-refractivity contribution in [2.75, 3.05) is 11.9 Å². The summed E-state index contributed by atoms with van der Waals surface area (Å²) in [7, 11) is 0. The lowest BCUT2D eigenvalue weighted by molar-refractivity contribution is -0.135. The van der Waals surface area contributed by atoms with Crippen LogP contribution in [0.4, 0.5) is 10.5 Å². The van der Waals surface area contributed by atoms with Crippen LogP contribution in [-0.2, 0) is 25.7 Å². The number of aliphatic carboxylic acids is 1. The maximum atomic E-state index is 12.2. The molecule has 0 aromatic heterocycles. The van der Waals surface area contributed by atoms with Gasteiger partial charge in [-0.15, -0.1) is 0 Å². The summed E-state index contributed by atoms with van der Waals surface area (Å²) in [6, 6.07) is 5.04. The van der Waals surface area contributed by atoms with Gasteiger partial charge in [0.15, 0.2) is 0 Å². The molecule has 0 radical (unpaired) electrons. The van der Waals surface area contributed by atoms with Crippen molar-refractivity contribution in [3.05, 3.63) is 29.8 Å². The van der Waals surface area contributed by atoms with E-state index in [9.17, 15) is 19.2 Å². The zero-order valence-corrected chi connectivity index (χ0v) is 16.0. The summed E-state index contributed by atoms with van der Waals surface area (Å²) in [5.74, 6) is -2.02. The molecular weight excluding hydrogens is 368 g/mol. The Balaban J connectivity index is 2.48. The van der Waals surface area contributed by atoms with E-state index in [0.29, 0.717) is 11.3 Å². The summed E-state index contributed by atoms with van der Waals surface area (Å²) in [4.78, 5) is 45.7. The minimum Gasteiger partial charge on any atom is -0.480 e. The van der Waals surface area contributed by atoms with Crippen LogP contribution in [0.3, 0.4) is 0 Å². The van der Waals surface area contributed by atoms with Gasteiger partial charge >= 0.3 is 12.1 Å². The topological polar surface area (TPSA) is 160 Å². The maximum Gasteiger partial charge on any atom is 0.407 e. The second-order valence-corrected chi connectivity index (χ2v) is 6.51. The first kappa shape index (κ1) is 22.9. The summed E-state index contributed by atoms with van der Waals surface area (Å²) in [5, 5.41) is 15.7. The monoisotopic (exact) mass is 394 g/mol. The third-order valence-corrected chi connectivity index (χ3v) is 3.75. The number of anilines is 1. The molecule has 28 heavy (non-hydrogen) atoms. The van der Waals surface area contributed by atoms with Gasteiger partial charge in [0.05, 0.1) is 6.04 Å². The van der Waals surface area contributed by atoms with Gasteiger partial charge in [0, 0.05) is 5.69 Å². The Labute approximate surface area is 162 Å². The highest BCUT2D eigenvalue weighted by Crippen LogP contribution is 2.11. The average molecular weight is 394 g/mol. The molecule has 2 atom stereocenters. The molecule has 0 aliphatic carbocycles. The minimum absolute atomic E-state index is 0.0452. The maximum absolute atomic E-state index is 12.2. The van der Waals surface area contributed by atoms with Gasteiger partial charge in [-0.1, -0.05) is 26.0 Å². The van der Waals surface area contributed by atoms with E-state index in [-0.39, 0.29) is 12.5 Å². The van der Waals surface area contributed by atoms with E-state index in [4.69, 9.17) is 15.6 Å². The number of hydrogen-bond donors (Lipinski definition) is 5. The number of alkyl carbamates (subject to hydrolysis) is 1. The highest BCUT2D eigenvalue weighted by atomic mass is 16.5. The Hall–Kier alpha value is -3.14. The van der Waals surface area contributed by atoms with Crippen molar-refractivity contribution in [3.63, 3.8) is 0 Å². The van der Waals surface area contributed by atoms with Crippen molar-refractivity contribution in [1.29, 1.82) is 0 Å². The molecule has 0 fully saturated rings. The normalized spacial score (nSPS) is 12.6. The van der Waals surface area contributed by atoms with Gasteiger partial charge in [-0.3, -0.25) is 14.4 Å². The van der Waals surface area contributed by atoms with Crippen molar-refractivity contribution < 1.29 is 29.0 Å². The third kappa shape index (κ3) is 8.04. The molecule has 0 saturated heterocycles. The Kier molecular flexibility index (Phi) is 8.89. The van der Waals surface area contributed by atoms with E-state index in [1.54, 1.807) is 31.2 Å². The Morgan fingerprint density at radius 2 is 1.68 bits per heavy atom. The van der Waals surface area contributed by atoms with E-state index in [1.807, 2.05) is 13.8 Å². The van der Waals surface area contributed by atoms with Crippen molar-refractivity contribution in [2.24, 2.45) is 11.7 Å². The molecule has 10 heteroatoms. The number of nitrogens with one attached hydrogen (secondary N) is 3. The van der Waals surface area contributed by atoms with E-state index in [2.05, 4.69) is 16.0 Å². The van der Waals surface area contributed by atoms with E-state index in [1.165, 1.54) is 0 Å². The number of rotatable bonds is 9. The number of carboxylic acids is 1. The summed E-state index contributed by atoms with van der Waals surface area (Å²) >= 11 is 0. The molecule has 154 valence electrons. The van der Waals surface area contributed by atoms with Crippen LogP contribution in [0.5, 0.6) is 0 Å². The second-order valence-electron chi connectivity index (χ2n) is 6.51. The van der Waals surface area contributed by atoms with E-state index < -0.39 is 42.5 Å². The largest absolute Gasteiger partial charge is 0.480 e. The van der Waals surface area contributed by atoms with Gasteiger partial charge in [0.25, 0.3) is 0 Å². The fourth-order valence-electron chi connectivity index (χ4n) is 1.96. The zero-order chi connectivity index (χ0) is 21.3. The van der Waals surface area contributed by atoms with E-state index in [0.717, 1.165) is 0 Å². The van der Waals surface area contributed by atoms with Crippen molar-refractivity contribution >= 4 is 29.6 Å². The summed E-state index contributed by atoms with van der Waals surface area (Å²) < 4.78 is 4.86. The summed E-state index contributed by atoms with van der Waals surface area (Å²) in [5.41, 5.74) is 6.89. The van der Waals surface area contributed by atoms with Crippen LogP contribution < -0.4 is 21.7 Å². The van der Waals surface area contributed by atoms with Crippen LogP contribution >= 0.6 is 0 Å². The predicted octanol–water partition coefficient (Wildman–Crippen LogP) is 0.424. The Morgan fingerprint density at radius 3 is 2.21 bits per heavy atom. The smallest absolute Gasteiger partial charge is 0.407 e. The number of carbonyl (C=O) groups is 4. The highest BCUT2D eigenvalue weighted by molar-refractivity contribution is 5.97. The first-order chi connectivity index (χ1) is 13.1. The SMILES string of the molecule is CC(C)[C@H](N)C(=O)N[C@@H](C)C(=O)Nc1ccc(COC(=O)NCC(=O)O)cc1. The van der Waals surface area contributed by atoms with E-state index >= 15 is 0 Å². The lowest BCUT2D eigenvalue weighted by Gasteiger charge is -2.19. The van der Waals surface area contributed by atoms with Gasteiger partial charge in [0.1, 0.15) is 19.2 Å². The zero-order valence-electron chi connectivity index (χ0n) is 16.0. The van der Waals surface area contributed by atoms with Crippen LogP contribution in [0.1, 0.15) is 26.3 Å². The number of amides is 3. The quantitative estimate of drug-likeness (QED) is 0.406. The van der Waals surface area contributed by atoms with Crippen LogP contribution in [-0.4, -0.2) is 47.6 Å². The van der Waals surface area contributed by atoms with Crippen molar-refractivity contribution in [1.82, 2.24) is 10.6 Å². The fraction of sp³-hybridized carbons (Fsp3) is 0.444. The number of carbonyl (C=O) groups excluding carboxylic acids is 3. The van der Waals surface area contributed by atoms with Gasteiger partial charge in [-0.25, -0.2) is 4.79 Å². The number of carboxylic acid groups (broad SMARTS) is 1. The molecule has 1 aromatic carbocycles. The molecule has 1 rings (SSSR count). The minimum atomic E-state index is -1.17. The number of ether oxygens (including phenoxy) is 1. The summed E-state index contributed by atoms with van der Waals surface area (Å²) in [6.45, 7) is 4.60. The van der Waals surface area contributed by atoms with Crippen LogP contribution in [0, 0.1) is 5.92 Å². The number of nitrogens with two attached hydrogens (primary N) is 1. The Bertz CT molecular complexity index is 705. The number of benzene rings is 1. The van der Waals surface area contributed by atoms with Gasteiger partial charge in [-0.05, 0) is 30.5 Å². The average Bonchev–Trinajstić information content (AvgIpc) is 2.64. The van der Waals surface area contributed by atoms with Crippen LogP contribution in [0.25, 0.3) is 0 Å². The molecular formula is C18H26N4O6. The second kappa shape index (κ2) is 10.9. The van der Waals surface area contributed by atoms with Gasteiger partial charge < -0.3 is 31.5 Å². The molecule has 0 aliphatic rings. The lowest BCUT2D eigenvalue weighted by Crippen LogP contribution is -2.50. The molecule has 1 aromatic rings. The van der Waals surface area contributed by atoms with Crippen molar-refractivity contribution in [3.8, 4) is 0 Å². The predicted molar refractivity (Wildman–Crippen MR) is 101 cm³/mol. The third-order valence-electron chi connectivity index (χ3n) is 3.75. The van der Waals surface area contributed by atoms with Gasteiger partial charge in [-0.2, -0.15) is 0 Å². The summed E-state index contributed by atoms with van der Waals surface area (Å²) in [6.07, 6.45) is -0.844. The first-order valence-electron chi connectivity index (χ1n) is 8.68. The molecule has 3 amide bonds. The molecule has 0 spiro atoms. The van der Waals surface area contributed by atoms with Crippen molar-refractivity contribution in [2.45, 2.75) is 39.5 Å².